The second-order valence-electron chi connectivity index (χ2n) is 6.19. The molecule has 1 amide bonds. The van der Waals surface area contributed by atoms with Gasteiger partial charge < -0.3 is 9.64 Å². The minimum absolute atomic E-state index is 0.0201. The van der Waals surface area contributed by atoms with Crippen LogP contribution in [0.3, 0.4) is 0 Å². The maximum atomic E-state index is 13.0. The Bertz CT molecular complexity index is 684. The SMILES string of the molecule is CCCOC1CCCN(C(=O)c2cn(C)nc2-c2cccnc2)C1. The Labute approximate surface area is 142 Å². The first kappa shape index (κ1) is 16.6. The van der Waals surface area contributed by atoms with E-state index in [-0.39, 0.29) is 12.0 Å². The van der Waals surface area contributed by atoms with E-state index in [1.54, 1.807) is 23.3 Å². The molecule has 1 aliphatic rings. The number of carbonyl (C=O) groups excluding carboxylic acids is 1. The smallest absolute Gasteiger partial charge is 0.257 e. The number of amides is 1. The molecule has 3 heterocycles. The summed E-state index contributed by atoms with van der Waals surface area (Å²) in [6.45, 7) is 4.27. The minimum Gasteiger partial charge on any atom is -0.376 e. The summed E-state index contributed by atoms with van der Waals surface area (Å²) in [6, 6.07) is 3.78. The molecule has 3 rings (SSSR count). The summed E-state index contributed by atoms with van der Waals surface area (Å²) in [4.78, 5) is 19.0. The molecule has 0 N–H and O–H groups in total. The van der Waals surface area contributed by atoms with Crippen molar-refractivity contribution in [1.82, 2.24) is 19.7 Å². The summed E-state index contributed by atoms with van der Waals surface area (Å²) in [5.74, 6) is 0.0201. The van der Waals surface area contributed by atoms with E-state index in [2.05, 4.69) is 17.0 Å². The molecular formula is C18H24N4O2. The average Bonchev–Trinajstić information content (AvgIpc) is 3.02. The van der Waals surface area contributed by atoms with E-state index in [1.807, 2.05) is 24.1 Å². The second kappa shape index (κ2) is 7.57. The molecule has 0 aliphatic carbocycles. The van der Waals surface area contributed by atoms with Crippen molar-refractivity contribution in [3.05, 3.63) is 36.3 Å². The molecule has 0 saturated carbocycles. The van der Waals surface area contributed by atoms with Crippen LogP contribution in [0.5, 0.6) is 0 Å². The van der Waals surface area contributed by atoms with E-state index in [4.69, 9.17) is 4.74 Å². The van der Waals surface area contributed by atoms with Gasteiger partial charge in [0.1, 0.15) is 5.69 Å². The van der Waals surface area contributed by atoms with Crippen molar-refractivity contribution in [2.75, 3.05) is 19.7 Å². The van der Waals surface area contributed by atoms with Gasteiger partial charge in [-0.2, -0.15) is 5.10 Å². The molecule has 6 heteroatoms. The number of pyridine rings is 1. The molecule has 1 saturated heterocycles. The molecule has 2 aromatic heterocycles. The van der Waals surface area contributed by atoms with Gasteiger partial charge in [-0.1, -0.05) is 6.92 Å². The van der Waals surface area contributed by atoms with Gasteiger partial charge in [-0.05, 0) is 31.4 Å². The summed E-state index contributed by atoms with van der Waals surface area (Å²) >= 11 is 0. The minimum atomic E-state index is 0.0201. The molecule has 1 fully saturated rings. The number of rotatable bonds is 5. The Kier molecular flexibility index (Phi) is 5.25. The summed E-state index contributed by atoms with van der Waals surface area (Å²) in [5, 5.41) is 4.46. The number of hydrogen-bond acceptors (Lipinski definition) is 4. The number of piperidine rings is 1. The first-order chi connectivity index (χ1) is 11.7. The predicted molar refractivity (Wildman–Crippen MR) is 91.6 cm³/mol. The van der Waals surface area contributed by atoms with Gasteiger partial charge in [-0.15, -0.1) is 0 Å². The van der Waals surface area contributed by atoms with Crippen LogP contribution in [0.25, 0.3) is 11.3 Å². The lowest BCUT2D eigenvalue weighted by Gasteiger charge is -2.32. The predicted octanol–water partition coefficient (Wildman–Crippen LogP) is 2.51. The summed E-state index contributed by atoms with van der Waals surface area (Å²) in [7, 11) is 1.83. The Morgan fingerprint density at radius 1 is 1.46 bits per heavy atom. The normalized spacial score (nSPS) is 17.9. The van der Waals surface area contributed by atoms with Crippen molar-refractivity contribution in [3.8, 4) is 11.3 Å². The van der Waals surface area contributed by atoms with Gasteiger partial charge in [0.15, 0.2) is 0 Å². The second-order valence-corrected chi connectivity index (χ2v) is 6.19. The van der Waals surface area contributed by atoms with Gasteiger partial charge in [-0.25, -0.2) is 0 Å². The van der Waals surface area contributed by atoms with Crippen LogP contribution in [0.1, 0.15) is 36.5 Å². The highest BCUT2D eigenvalue weighted by molar-refractivity contribution is 5.99. The fraction of sp³-hybridized carbons (Fsp3) is 0.500. The van der Waals surface area contributed by atoms with Gasteiger partial charge in [-0.3, -0.25) is 14.5 Å². The van der Waals surface area contributed by atoms with E-state index in [0.717, 1.165) is 38.0 Å². The summed E-state index contributed by atoms with van der Waals surface area (Å²) in [5.41, 5.74) is 2.17. The van der Waals surface area contributed by atoms with Crippen LogP contribution in [0.4, 0.5) is 0 Å². The lowest BCUT2D eigenvalue weighted by molar-refractivity contribution is 0.00213. The molecule has 0 spiro atoms. The van der Waals surface area contributed by atoms with Gasteiger partial charge in [0.2, 0.25) is 0 Å². The average molecular weight is 328 g/mol. The van der Waals surface area contributed by atoms with Crippen LogP contribution in [-0.4, -0.2) is 51.4 Å². The van der Waals surface area contributed by atoms with Crippen molar-refractivity contribution in [3.63, 3.8) is 0 Å². The van der Waals surface area contributed by atoms with E-state index in [9.17, 15) is 4.79 Å². The third-order valence-corrected chi connectivity index (χ3v) is 4.22. The topological polar surface area (TPSA) is 60.2 Å². The summed E-state index contributed by atoms with van der Waals surface area (Å²) < 4.78 is 7.53. The van der Waals surface area contributed by atoms with E-state index in [1.165, 1.54) is 0 Å². The van der Waals surface area contributed by atoms with Crippen molar-refractivity contribution >= 4 is 5.91 Å². The maximum absolute atomic E-state index is 13.0. The number of aryl methyl sites for hydroxylation is 1. The number of carbonyl (C=O) groups is 1. The Morgan fingerprint density at radius 2 is 2.33 bits per heavy atom. The molecule has 6 nitrogen and oxygen atoms in total. The molecule has 0 aromatic carbocycles. The molecule has 0 bridgehead atoms. The number of ether oxygens (including phenoxy) is 1. The fourth-order valence-electron chi connectivity index (χ4n) is 3.07. The Balaban J connectivity index is 1.80. The molecular weight excluding hydrogens is 304 g/mol. The van der Waals surface area contributed by atoms with Crippen LogP contribution in [0, 0.1) is 0 Å². The molecule has 1 atom stereocenters. The maximum Gasteiger partial charge on any atom is 0.257 e. The van der Waals surface area contributed by atoms with Gasteiger partial charge in [0.05, 0.1) is 11.7 Å². The quantitative estimate of drug-likeness (QED) is 0.846. The highest BCUT2D eigenvalue weighted by Gasteiger charge is 2.28. The van der Waals surface area contributed by atoms with E-state index >= 15 is 0 Å². The number of likely N-dealkylation sites (tertiary alicyclic amines) is 1. The fourth-order valence-corrected chi connectivity index (χ4v) is 3.07. The number of nitrogens with zero attached hydrogens (tertiary/aromatic N) is 4. The highest BCUT2D eigenvalue weighted by Crippen LogP contribution is 2.24. The van der Waals surface area contributed by atoms with E-state index in [0.29, 0.717) is 17.8 Å². The zero-order valence-corrected chi connectivity index (χ0v) is 14.3. The number of hydrogen-bond donors (Lipinski definition) is 0. The van der Waals surface area contributed by atoms with Crippen molar-refractivity contribution in [2.24, 2.45) is 7.05 Å². The van der Waals surface area contributed by atoms with Crippen molar-refractivity contribution in [1.29, 1.82) is 0 Å². The molecule has 128 valence electrons. The number of aromatic nitrogens is 3. The largest absolute Gasteiger partial charge is 0.376 e. The lowest BCUT2D eigenvalue weighted by atomic mass is 10.1. The highest BCUT2D eigenvalue weighted by atomic mass is 16.5. The Hall–Kier alpha value is -2.21. The molecule has 24 heavy (non-hydrogen) atoms. The molecule has 1 aliphatic heterocycles. The summed E-state index contributed by atoms with van der Waals surface area (Å²) in [6.07, 6.45) is 8.38. The first-order valence-electron chi connectivity index (χ1n) is 8.54. The monoisotopic (exact) mass is 328 g/mol. The van der Waals surface area contributed by atoms with Gasteiger partial charge >= 0.3 is 0 Å². The molecule has 2 aromatic rings. The third-order valence-electron chi connectivity index (χ3n) is 4.22. The third kappa shape index (κ3) is 3.64. The first-order valence-corrected chi connectivity index (χ1v) is 8.54. The van der Waals surface area contributed by atoms with Gasteiger partial charge in [0.25, 0.3) is 5.91 Å². The van der Waals surface area contributed by atoms with E-state index < -0.39 is 0 Å². The van der Waals surface area contributed by atoms with Crippen LogP contribution < -0.4 is 0 Å². The standard InChI is InChI=1S/C18H24N4O2/c1-3-10-24-15-7-5-9-22(12-15)18(23)16-13-21(2)20-17(16)14-6-4-8-19-11-14/h4,6,8,11,13,15H,3,5,7,9-10,12H2,1-2H3. The van der Waals surface area contributed by atoms with Crippen molar-refractivity contribution < 1.29 is 9.53 Å². The molecule has 1 unspecified atom stereocenters. The zero-order chi connectivity index (χ0) is 16.9. The van der Waals surface area contributed by atoms with Crippen molar-refractivity contribution in [2.45, 2.75) is 32.3 Å². The van der Waals surface area contributed by atoms with Crippen LogP contribution in [-0.2, 0) is 11.8 Å². The van der Waals surface area contributed by atoms with Crippen LogP contribution >= 0.6 is 0 Å². The van der Waals surface area contributed by atoms with Crippen LogP contribution in [0.15, 0.2) is 30.7 Å². The lowest BCUT2D eigenvalue weighted by Crippen LogP contribution is -2.43. The molecule has 0 radical (unpaired) electrons. The Morgan fingerprint density at radius 3 is 3.08 bits per heavy atom. The zero-order valence-electron chi connectivity index (χ0n) is 14.3. The van der Waals surface area contributed by atoms with Crippen LogP contribution in [0.2, 0.25) is 0 Å². The van der Waals surface area contributed by atoms with Gasteiger partial charge in [0, 0.05) is 50.9 Å².